The first-order valence-electron chi connectivity index (χ1n) is 6.86. The van der Waals surface area contributed by atoms with Gasteiger partial charge in [-0.25, -0.2) is 4.79 Å². The molecule has 0 bridgehead atoms. The molecule has 4 nitrogen and oxygen atoms in total. The molecular weight excluding hydrogens is 240 g/mol. The number of amides is 1. The van der Waals surface area contributed by atoms with E-state index in [0.717, 1.165) is 18.5 Å². The van der Waals surface area contributed by atoms with Crippen molar-refractivity contribution in [2.45, 2.75) is 20.0 Å². The molecule has 0 spiro atoms. The van der Waals surface area contributed by atoms with Crippen LogP contribution in [-0.4, -0.2) is 30.6 Å². The van der Waals surface area contributed by atoms with Gasteiger partial charge in [-0.3, -0.25) is 0 Å². The Bertz CT molecular complexity index is 408. The second kappa shape index (κ2) is 6.57. The van der Waals surface area contributed by atoms with Crippen LogP contribution in [0.5, 0.6) is 0 Å². The van der Waals surface area contributed by atoms with Crippen LogP contribution in [0.15, 0.2) is 30.3 Å². The average molecular weight is 262 g/mol. The summed E-state index contributed by atoms with van der Waals surface area (Å²) in [6.07, 6.45) is 0.775. The van der Waals surface area contributed by atoms with Gasteiger partial charge in [0.1, 0.15) is 6.61 Å². The van der Waals surface area contributed by atoms with Crippen LogP contribution in [0.1, 0.15) is 18.9 Å². The number of carbonyl (C=O) groups is 1. The molecule has 19 heavy (non-hydrogen) atoms. The fraction of sp³-hybridized carbons (Fsp3) is 0.533. The van der Waals surface area contributed by atoms with Crippen molar-refractivity contribution in [1.29, 1.82) is 0 Å². The highest BCUT2D eigenvalue weighted by Gasteiger charge is 2.28. The molecule has 1 fully saturated rings. The maximum Gasteiger partial charge on any atom is 0.410 e. The van der Waals surface area contributed by atoms with Gasteiger partial charge in [0.2, 0.25) is 0 Å². The standard InChI is InChI=1S/C15H22N2O2/c1-12-7-8-17(10-14(12)9-16)15(18)19-11-13-5-3-2-4-6-13/h2-6,12,14H,7-11,16H2,1H3/t12-,14-/m1/s1. The normalized spacial score (nSPS) is 23.2. The Morgan fingerprint density at radius 3 is 2.84 bits per heavy atom. The molecule has 1 aliphatic heterocycles. The van der Waals surface area contributed by atoms with Gasteiger partial charge in [0.05, 0.1) is 0 Å². The maximum atomic E-state index is 12.0. The third kappa shape index (κ3) is 3.70. The van der Waals surface area contributed by atoms with Gasteiger partial charge in [-0.2, -0.15) is 0 Å². The highest BCUT2D eigenvalue weighted by Crippen LogP contribution is 2.22. The summed E-state index contributed by atoms with van der Waals surface area (Å²) in [6, 6.07) is 9.73. The van der Waals surface area contributed by atoms with Gasteiger partial charge in [-0.1, -0.05) is 37.3 Å². The molecule has 1 aliphatic rings. The van der Waals surface area contributed by atoms with E-state index in [9.17, 15) is 4.79 Å². The van der Waals surface area contributed by atoms with Crippen LogP contribution in [0.2, 0.25) is 0 Å². The van der Waals surface area contributed by atoms with Crippen LogP contribution < -0.4 is 5.73 Å². The Labute approximate surface area is 114 Å². The number of nitrogens with two attached hydrogens (primary N) is 1. The Hall–Kier alpha value is -1.55. The molecule has 0 unspecified atom stereocenters. The van der Waals surface area contributed by atoms with E-state index in [4.69, 9.17) is 10.5 Å². The average Bonchev–Trinajstić information content (AvgIpc) is 2.46. The lowest BCUT2D eigenvalue weighted by atomic mass is 9.87. The Kier molecular flexibility index (Phi) is 4.80. The lowest BCUT2D eigenvalue weighted by Crippen LogP contribution is -2.45. The number of likely N-dealkylation sites (tertiary alicyclic amines) is 1. The molecule has 1 aromatic rings. The van der Waals surface area contributed by atoms with Gasteiger partial charge in [-0.15, -0.1) is 0 Å². The van der Waals surface area contributed by atoms with Crippen LogP contribution in [0.25, 0.3) is 0 Å². The Morgan fingerprint density at radius 1 is 1.42 bits per heavy atom. The molecule has 0 aromatic heterocycles. The zero-order valence-electron chi connectivity index (χ0n) is 11.4. The van der Waals surface area contributed by atoms with Crippen LogP contribution >= 0.6 is 0 Å². The van der Waals surface area contributed by atoms with E-state index in [0.29, 0.717) is 31.5 Å². The molecule has 4 heteroatoms. The number of hydrogen-bond acceptors (Lipinski definition) is 3. The summed E-state index contributed by atoms with van der Waals surface area (Å²) in [5, 5.41) is 0. The number of hydrogen-bond donors (Lipinski definition) is 1. The molecule has 0 saturated carbocycles. The molecule has 1 heterocycles. The predicted octanol–water partition coefficient (Wildman–Crippen LogP) is 2.24. The van der Waals surface area contributed by atoms with Gasteiger partial charge < -0.3 is 15.4 Å². The van der Waals surface area contributed by atoms with Crippen LogP contribution in [0, 0.1) is 11.8 Å². The number of ether oxygens (including phenoxy) is 1. The molecule has 104 valence electrons. The van der Waals surface area contributed by atoms with E-state index in [1.165, 1.54) is 0 Å². The van der Waals surface area contributed by atoms with E-state index < -0.39 is 0 Å². The molecule has 1 aromatic carbocycles. The van der Waals surface area contributed by atoms with Crippen molar-refractivity contribution in [3.05, 3.63) is 35.9 Å². The minimum absolute atomic E-state index is 0.228. The fourth-order valence-electron chi connectivity index (χ4n) is 2.43. The van der Waals surface area contributed by atoms with Crippen LogP contribution in [0.3, 0.4) is 0 Å². The highest BCUT2D eigenvalue weighted by atomic mass is 16.6. The lowest BCUT2D eigenvalue weighted by molar-refractivity contribution is 0.0686. The smallest absolute Gasteiger partial charge is 0.410 e. The zero-order chi connectivity index (χ0) is 13.7. The van der Waals surface area contributed by atoms with E-state index in [2.05, 4.69) is 6.92 Å². The predicted molar refractivity (Wildman–Crippen MR) is 74.5 cm³/mol. The van der Waals surface area contributed by atoms with Crippen molar-refractivity contribution in [3.8, 4) is 0 Å². The van der Waals surface area contributed by atoms with Crippen LogP contribution in [-0.2, 0) is 11.3 Å². The molecule has 2 atom stereocenters. The molecule has 0 aliphatic carbocycles. The maximum absolute atomic E-state index is 12.0. The lowest BCUT2D eigenvalue weighted by Gasteiger charge is -2.35. The van der Waals surface area contributed by atoms with Gasteiger partial charge in [0.15, 0.2) is 0 Å². The summed E-state index contributed by atoms with van der Waals surface area (Å²) in [5.41, 5.74) is 6.75. The first kappa shape index (κ1) is 13.9. The quantitative estimate of drug-likeness (QED) is 0.909. The summed E-state index contributed by atoms with van der Waals surface area (Å²) in [4.78, 5) is 13.8. The first-order chi connectivity index (χ1) is 9.20. The SMILES string of the molecule is C[C@@H]1CCN(C(=O)OCc2ccccc2)C[C@H]1CN. The second-order valence-electron chi connectivity index (χ2n) is 5.25. The van der Waals surface area contributed by atoms with E-state index in [-0.39, 0.29) is 6.09 Å². The molecule has 0 radical (unpaired) electrons. The monoisotopic (exact) mass is 262 g/mol. The summed E-state index contributed by atoms with van der Waals surface area (Å²) in [5.74, 6) is 0.973. The number of nitrogens with zero attached hydrogens (tertiary/aromatic N) is 1. The van der Waals surface area contributed by atoms with Crippen molar-refractivity contribution < 1.29 is 9.53 Å². The van der Waals surface area contributed by atoms with Gasteiger partial charge in [0.25, 0.3) is 0 Å². The summed E-state index contributed by atoms with van der Waals surface area (Å²) >= 11 is 0. The highest BCUT2D eigenvalue weighted by molar-refractivity contribution is 5.67. The van der Waals surface area contributed by atoms with Crippen LogP contribution in [0.4, 0.5) is 4.79 Å². The second-order valence-corrected chi connectivity index (χ2v) is 5.25. The van der Waals surface area contributed by atoms with Gasteiger partial charge in [-0.05, 0) is 30.4 Å². The van der Waals surface area contributed by atoms with Crippen molar-refractivity contribution >= 4 is 6.09 Å². The Balaban J connectivity index is 1.83. The molecular formula is C15H22N2O2. The number of piperidine rings is 1. The first-order valence-corrected chi connectivity index (χ1v) is 6.86. The van der Waals surface area contributed by atoms with Gasteiger partial charge >= 0.3 is 6.09 Å². The summed E-state index contributed by atoms with van der Waals surface area (Å²) < 4.78 is 5.34. The molecule has 1 saturated heterocycles. The minimum Gasteiger partial charge on any atom is -0.445 e. The van der Waals surface area contributed by atoms with Crippen molar-refractivity contribution in [2.24, 2.45) is 17.6 Å². The number of rotatable bonds is 3. The minimum atomic E-state index is -0.228. The molecule has 2 N–H and O–H groups in total. The topological polar surface area (TPSA) is 55.6 Å². The van der Waals surface area contributed by atoms with E-state index >= 15 is 0 Å². The van der Waals surface area contributed by atoms with Crippen molar-refractivity contribution in [1.82, 2.24) is 4.90 Å². The third-order valence-electron chi connectivity index (χ3n) is 3.88. The molecule has 2 rings (SSSR count). The van der Waals surface area contributed by atoms with Gasteiger partial charge in [0, 0.05) is 13.1 Å². The summed E-state index contributed by atoms with van der Waals surface area (Å²) in [6.45, 7) is 4.64. The number of carbonyl (C=O) groups excluding carboxylic acids is 1. The third-order valence-corrected chi connectivity index (χ3v) is 3.88. The Morgan fingerprint density at radius 2 is 2.16 bits per heavy atom. The van der Waals surface area contributed by atoms with E-state index in [1.54, 1.807) is 4.90 Å². The largest absolute Gasteiger partial charge is 0.445 e. The number of benzene rings is 1. The fourth-order valence-corrected chi connectivity index (χ4v) is 2.43. The van der Waals surface area contributed by atoms with Crippen molar-refractivity contribution in [3.63, 3.8) is 0 Å². The summed E-state index contributed by atoms with van der Waals surface area (Å²) in [7, 11) is 0. The van der Waals surface area contributed by atoms with Crippen molar-refractivity contribution in [2.75, 3.05) is 19.6 Å². The van der Waals surface area contributed by atoms with E-state index in [1.807, 2.05) is 30.3 Å². The zero-order valence-corrected chi connectivity index (χ0v) is 11.4. The molecule has 1 amide bonds.